The summed E-state index contributed by atoms with van der Waals surface area (Å²) >= 11 is 0. The Morgan fingerprint density at radius 1 is 1.00 bits per heavy atom. The Hall–Kier alpha value is -3.17. The third kappa shape index (κ3) is 6.74. The van der Waals surface area contributed by atoms with E-state index in [4.69, 9.17) is 5.11 Å². The molecule has 2 aromatic rings. The number of hydrogen-bond acceptors (Lipinski definition) is 3. The van der Waals surface area contributed by atoms with Crippen LogP contribution < -0.4 is 9.47 Å². The summed E-state index contributed by atoms with van der Waals surface area (Å²) in [4.78, 5) is 11.1. The highest BCUT2D eigenvalue weighted by Gasteiger charge is 2.28. The minimum Gasteiger partial charge on any atom is -0.478 e. The maximum absolute atomic E-state index is 14.2. The Bertz CT molecular complexity index is 883. The second-order valence-electron chi connectivity index (χ2n) is 5.70. The normalized spacial score (nSPS) is 12.0. The van der Waals surface area contributed by atoms with E-state index < -0.39 is 43.0 Å². The molecule has 0 aliphatic heterocycles. The molecule has 0 heterocycles. The molecule has 0 amide bonds. The van der Waals surface area contributed by atoms with E-state index in [9.17, 15) is 31.1 Å². The molecule has 4 nitrogen and oxygen atoms in total. The summed E-state index contributed by atoms with van der Waals surface area (Å²) in [6.07, 6.45) is 0.396. The quantitative estimate of drug-likeness (QED) is 0.546. The lowest BCUT2D eigenvalue weighted by Gasteiger charge is -2.14. The van der Waals surface area contributed by atoms with Crippen molar-refractivity contribution in [2.24, 2.45) is 0 Å². The van der Waals surface area contributed by atoms with Crippen molar-refractivity contribution in [2.75, 3.05) is 0 Å². The molecule has 2 aromatic carbocycles. The molecule has 1 N–H and O–H groups in total. The van der Waals surface area contributed by atoms with E-state index in [1.807, 2.05) is 0 Å². The predicted octanol–water partition coefficient (Wildman–Crippen LogP) is 5.48. The molecule has 0 bridgehead atoms. The predicted molar refractivity (Wildman–Crippen MR) is 90.8 cm³/mol. The van der Waals surface area contributed by atoms with E-state index in [0.717, 1.165) is 24.3 Å². The molecule has 0 aromatic heterocycles. The molecule has 2 rings (SSSR count). The average molecular weight is 420 g/mol. The third-order valence-corrected chi connectivity index (χ3v) is 3.59. The second-order valence-corrected chi connectivity index (χ2v) is 5.70. The maximum atomic E-state index is 14.2. The first kappa shape index (κ1) is 22.1. The first-order chi connectivity index (χ1) is 13.6. The highest BCUT2D eigenvalue weighted by Crippen LogP contribution is 2.32. The van der Waals surface area contributed by atoms with Gasteiger partial charge < -0.3 is 14.6 Å². The third-order valence-electron chi connectivity index (χ3n) is 3.59. The molecule has 0 spiro atoms. The van der Waals surface area contributed by atoms with Gasteiger partial charge in [0, 0.05) is 6.42 Å². The maximum Gasteiger partial charge on any atom is 0.387 e. The van der Waals surface area contributed by atoms with Crippen LogP contribution in [0.4, 0.5) is 26.3 Å². The van der Waals surface area contributed by atoms with Crippen LogP contribution in [0.3, 0.4) is 0 Å². The van der Waals surface area contributed by atoms with Crippen molar-refractivity contribution < 1.29 is 45.7 Å². The Morgan fingerprint density at radius 3 is 2.24 bits per heavy atom. The summed E-state index contributed by atoms with van der Waals surface area (Å²) < 4.78 is 86.1. The summed E-state index contributed by atoms with van der Waals surface area (Å²) in [7, 11) is 0. The van der Waals surface area contributed by atoms with Gasteiger partial charge in [0.05, 0.1) is 5.56 Å². The van der Waals surface area contributed by atoms with Crippen LogP contribution in [0.15, 0.2) is 48.5 Å². The first-order valence-electron chi connectivity index (χ1n) is 7.99. The number of alkyl halides is 6. The van der Waals surface area contributed by atoms with Crippen molar-refractivity contribution in [3.63, 3.8) is 0 Å². The SMILES string of the molecule is O=C(O)c1ccccc1CC(F)(F)/C=C/c1ccc(OC(F)F)c(OC(F)F)c1. The zero-order chi connectivity index (χ0) is 21.6. The number of benzene rings is 2. The number of carbonyl (C=O) groups is 1. The topological polar surface area (TPSA) is 55.8 Å². The van der Waals surface area contributed by atoms with Gasteiger partial charge in [-0.25, -0.2) is 13.6 Å². The number of aromatic carboxylic acids is 1. The van der Waals surface area contributed by atoms with Gasteiger partial charge in [-0.05, 0) is 35.4 Å². The van der Waals surface area contributed by atoms with Crippen LogP contribution in [0.1, 0.15) is 21.5 Å². The number of carboxylic acids is 1. The van der Waals surface area contributed by atoms with E-state index in [1.165, 1.54) is 24.3 Å². The fraction of sp³-hybridized carbons (Fsp3) is 0.211. The molecule has 0 saturated carbocycles. The average Bonchev–Trinajstić information content (AvgIpc) is 2.61. The second kappa shape index (κ2) is 9.35. The molecule has 0 atom stereocenters. The van der Waals surface area contributed by atoms with Crippen molar-refractivity contribution in [3.8, 4) is 11.5 Å². The van der Waals surface area contributed by atoms with E-state index in [-0.39, 0.29) is 16.7 Å². The van der Waals surface area contributed by atoms with Gasteiger partial charge in [-0.2, -0.15) is 17.6 Å². The highest BCUT2D eigenvalue weighted by molar-refractivity contribution is 5.89. The summed E-state index contributed by atoms with van der Waals surface area (Å²) in [6.45, 7) is -6.64. The van der Waals surface area contributed by atoms with Gasteiger partial charge in [0.2, 0.25) is 0 Å². The fourth-order valence-corrected chi connectivity index (χ4v) is 2.42. The van der Waals surface area contributed by atoms with Gasteiger partial charge in [0.25, 0.3) is 5.92 Å². The summed E-state index contributed by atoms with van der Waals surface area (Å²) in [5, 5.41) is 9.06. The molecule has 0 fully saturated rings. The van der Waals surface area contributed by atoms with Crippen LogP contribution in [0.2, 0.25) is 0 Å². The Morgan fingerprint density at radius 2 is 1.62 bits per heavy atom. The molecular formula is C19H14F6O4. The molecule has 0 saturated heterocycles. The van der Waals surface area contributed by atoms with E-state index in [1.54, 1.807) is 0 Å². The number of carboxylic acid groups (broad SMARTS) is 1. The molecule has 29 heavy (non-hydrogen) atoms. The highest BCUT2D eigenvalue weighted by atomic mass is 19.3. The number of rotatable bonds is 9. The lowest BCUT2D eigenvalue weighted by atomic mass is 10.0. The zero-order valence-corrected chi connectivity index (χ0v) is 14.5. The lowest BCUT2D eigenvalue weighted by Crippen LogP contribution is -2.18. The van der Waals surface area contributed by atoms with Crippen LogP contribution in [-0.2, 0) is 6.42 Å². The van der Waals surface area contributed by atoms with Crippen molar-refractivity contribution >= 4 is 12.0 Å². The molecule has 0 aliphatic rings. The van der Waals surface area contributed by atoms with E-state index in [2.05, 4.69) is 9.47 Å². The molecule has 156 valence electrons. The minimum absolute atomic E-state index is 0.0477. The van der Waals surface area contributed by atoms with Crippen molar-refractivity contribution in [3.05, 3.63) is 65.2 Å². The van der Waals surface area contributed by atoms with Crippen molar-refractivity contribution in [1.29, 1.82) is 0 Å². The number of hydrogen-bond donors (Lipinski definition) is 1. The number of ether oxygens (including phenoxy) is 2. The Balaban J connectivity index is 2.24. The van der Waals surface area contributed by atoms with Crippen LogP contribution in [0.5, 0.6) is 11.5 Å². The smallest absolute Gasteiger partial charge is 0.387 e. The van der Waals surface area contributed by atoms with Crippen LogP contribution in [-0.4, -0.2) is 30.2 Å². The van der Waals surface area contributed by atoms with Gasteiger partial charge in [0.1, 0.15) is 0 Å². The molecule has 0 radical (unpaired) electrons. The summed E-state index contributed by atoms with van der Waals surface area (Å²) in [6, 6.07) is 8.05. The van der Waals surface area contributed by atoms with Gasteiger partial charge in [-0.3, -0.25) is 0 Å². The van der Waals surface area contributed by atoms with E-state index >= 15 is 0 Å². The standard InChI is InChI=1S/C19H14F6O4/c20-17(21)28-14-6-5-11(9-15(14)29-18(22)23)7-8-19(24,25)10-12-3-1-2-4-13(12)16(26)27/h1-9,17-18H,10H2,(H,26,27)/b8-7+. The fourth-order valence-electron chi connectivity index (χ4n) is 2.42. The van der Waals surface area contributed by atoms with Crippen LogP contribution in [0, 0.1) is 0 Å². The largest absolute Gasteiger partial charge is 0.478 e. The number of halogens is 6. The van der Waals surface area contributed by atoms with Gasteiger partial charge in [-0.1, -0.05) is 30.3 Å². The van der Waals surface area contributed by atoms with E-state index in [0.29, 0.717) is 6.08 Å². The Labute approximate surface area is 161 Å². The Kier molecular flexibility index (Phi) is 7.13. The minimum atomic E-state index is -3.48. The first-order valence-corrected chi connectivity index (χ1v) is 7.99. The molecule has 10 heteroatoms. The lowest BCUT2D eigenvalue weighted by molar-refractivity contribution is -0.0692. The van der Waals surface area contributed by atoms with Crippen molar-refractivity contribution in [2.45, 2.75) is 25.6 Å². The van der Waals surface area contributed by atoms with Gasteiger partial charge in [0.15, 0.2) is 11.5 Å². The molecule has 0 unspecified atom stereocenters. The molecular weight excluding hydrogens is 406 g/mol. The van der Waals surface area contributed by atoms with Crippen LogP contribution >= 0.6 is 0 Å². The van der Waals surface area contributed by atoms with Crippen molar-refractivity contribution in [1.82, 2.24) is 0 Å². The number of allylic oxidation sites excluding steroid dienone is 1. The van der Waals surface area contributed by atoms with Crippen LogP contribution in [0.25, 0.3) is 6.08 Å². The van der Waals surface area contributed by atoms with Gasteiger partial charge in [-0.15, -0.1) is 0 Å². The molecule has 0 aliphatic carbocycles. The zero-order valence-electron chi connectivity index (χ0n) is 14.5. The summed E-state index contributed by atoms with van der Waals surface area (Å²) in [5.74, 6) is -6.27. The van der Waals surface area contributed by atoms with Gasteiger partial charge >= 0.3 is 19.2 Å². The summed E-state index contributed by atoms with van der Waals surface area (Å²) in [5.41, 5.74) is -0.424. The monoisotopic (exact) mass is 420 g/mol.